The van der Waals surface area contributed by atoms with Crippen LogP contribution in [-0.2, 0) is 9.53 Å². The Morgan fingerprint density at radius 2 is 1.94 bits per heavy atom. The zero-order chi connectivity index (χ0) is 12.3. The second-order valence-corrected chi connectivity index (χ2v) is 3.97. The van der Waals surface area contributed by atoms with Gasteiger partial charge in [-0.1, -0.05) is 30.3 Å². The van der Waals surface area contributed by atoms with Gasteiger partial charge in [0, 0.05) is 12.0 Å². The predicted molar refractivity (Wildman–Crippen MR) is 62.4 cm³/mol. The van der Waals surface area contributed by atoms with Gasteiger partial charge in [-0.25, -0.2) is 0 Å². The number of hydrogen-bond acceptors (Lipinski definition) is 4. The lowest BCUT2D eigenvalue weighted by atomic mass is 10.0. The summed E-state index contributed by atoms with van der Waals surface area (Å²) in [6, 6.07) is 8.68. The number of cyclic esters (lactones) is 1. The lowest BCUT2D eigenvalue weighted by molar-refractivity contribution is -0.153. The number of rotatable bonds is 2. The van der Waals surface area contributed by atoms with Crippen LogP contribution in [0, 0.1) is 0 Å². The Morgan fingerprint density at radius 1 is 1.24 bits per heavy atom. The summed E-state index contributed by atoms with van der Waals surface area (Å²) >= 11 is 0. The van der Waals surface area contributed by atoms with Gasteiger partial charge in [0.1, 0.15) is 0 Å². The average molecular weight is 234 g/mol. The van der Waals surface area contributed by atoms with Crippen molar-refractivity contribution in [3.05, 3.63) is 41.7 Å². The SMILES string of the molecule is O=C1CCCC(C(O)=C(O)c2ccccc2)O1. The Morgan fingerprint density at radius 3 is 2.59 bits per heavy atom. The van der Waals surface area contributed by atoms with Gasteiger partial charge in [0.15, 0.2) is 17.6 Å². The molecule has 1 aromatic carbocycles. The van der Waals surface area contributed by atoms with Gasteiger partial charge >= 0.3 is 5.97 Å². The first kappa shape index (κ1) is 11.5. The van der Waals surface area contributed by atoms with Crippen LogP contribution in [0.15, 0.2) is 36.1 Å². The van der Waals surface area contributed by atoms with Crippen molar-refractivity contribution in [1.29, 1.82) is 0 Å². The molecule has 2 rings (SSSR count). The predicted octanol–water partition coefficient (Wildman–Crippen LogP) is 2.57. The topological polar surface area (TPSA) is 66.8 Å². The van der Waals surface area contributed by atoms with Gasteiger partial charge < -0.3 is 14.9 Å². The van der Waals surface area contributed by atoms with E-state index in [0.29, 0.717) is 24.8 Å². The van der Waals surface area contributed by atoms with Crippen molar-refractivity contribution < 1.29 is 19.7 Å². The number of carbonyl (C=O) groups excluding carboxylic acids is 1. The third-order valence-electron chi connectivity index (χ3n) is 2.72. The zero-order valence-electron chi connectivity index (χ0n) is 9.30. The van der Waals surface area contributed by atoms with E-state index in [-0.39, 0.29) is 17.5 Å². The van der Waals surface area contributed by atoms with Gasteiger partial charge in [-0.15, -0.1) is 0 Å². The zero-order valence-corrected chi connectivity index (χ0v) is 9.30. The molecule has 1 atom stereocenters. The van der Waals surface area contributed by atoms with E-state index in [2.05, 4.69) is 0 Å². The summed E-state index contributed by atoms with van der Waals surface area (Å²) in [5, 5.41) is 19.7. The van der Waals surface area contributed by atoms with E-state index in [1.54, 1.807) is 24.3 Å². The summed E-state index contributed by atoms with van der Waals surface area (Å²) in [7, 11) is 0. The first-order valence-electron chi connectivity index (χ1n) is 5.55. The molecule has 4 nitrogen and oxygen atoms in total. The van der Waals surface area contributed by atoms with Gasteiger partial charge in [0.05, 0.1) is 0 Å². The van der Waals surface area contributed by atoms with Crippen molar-refractivity contribution in [2.45, 2.75) is 25.4 Å². The van der Waals surface area contributed by atoms with Gasteiger partial charge in [-0.2, -0.15) is 0 Å². The molecule has 4 heteroatoms. The molecule has 0 aliphatic carbocycles. The van der Waals surface area contributed by atoms with Crippen LogP contribution in [0.1, 0.15) is 24.8 Å². The fourth-order valence-electron chi connectivity index (χ4n) is 1.80. The van der Waals surface area contributed by atoms with Crippen LogP contribution in [0.2, 0.25) is 0 Å². The van der Waals surface area contributed by atoms with E-state index in [0.717, 1.165) is 0 Å². The van der Waals surface area contributed by atoms with Crippen molar-refractivity contribution in [1.82, 2.24) is 0 Å². The fourth-order valence-corrected chi connectivity index (χ4v) is 1.80. The maximum Gasteiger partial charge on any atom is 0.306 e. The maximum absolute atomic E-state index is 11.1. The number of carbonyl (C=O) groups is 1. The van der Waals surface area contributed by atoms with Gasteiger partial charge in [-0.05, 0) is 12.8 Å². The number of benzene rings is 1. The lowest BCUT2D eigenvalue weighted by Crippen LogP contribution is -2.26. The molecule has 2 N–H and O–H groups in total. The summed E-state index contributed by atoms with van der Waals surface area (Å²) in [4.78, 5) is 11.1. The molecule has 1 saturated heterocycles. The average Bonchev–Trinajstić information content (AvgIpc) is 2.38. The fraction of sp³-hybridized carbons (Fsp3) is 0.308. The summed E-state index contributed by atoms with van der Waals surface area (Å²) in [6.07, 6.45) is 0.844. The standard InChI is InChI=1S/C13H14O4/c14-11-8-4-7-10(17-11)13(16)12(15)9-5-2-1-3-6-9/h1-3,5-6,10,15-16H,4,7-8H2. The quantitative estimate of drug-likeness (QED) is 0.609. The number of esters is 1. The molecule has 90 valence electrons. The Kier molecular flexibility index (Phi) is 3.32. The van der Waals surface area contributed by atoms with Crippen molar-refractivity contribution in [2.75, 3.05) is 0 Å². The number of ether oxygens (including phenoxy) is 1. The minimum Gasteiger partial charge on any atom is -0.505 e. The molecule has 1 unspecified atom stereocenters. The molecule has 0 bridgehead atoms. The molecule has 0 saturated carbocycles. The minimum absolute atomic E-state index is 0.231. The van der Waals surface area contributed by atoms with Crippen LogP contribution >= 0.6 is 0 Å². The smallest absolute Gasteiger partial charge is 0.306 e. The van der Waals surface area contributed by atoms with E-state index in [1.807, 2.05) is 6.07 Å². The van der Waals surface area contributed by atoms with Crippen LogP contribution in [0.4, 0.5) is 0 Å². The molecule has 0 spiro atoms. The summed E-state index contributed by atoms with van der Waals surface area (Å²) in [5.74, 6) is -0.844. The van der Waals surface area contributed by atoms with E-state index < -0.39 is 6.10 Å². The number of aliphatic hydroxyl groups is 2. The number of hydrogen-bond donors (Lipinski definition) is 2. The molecular weight excluding hydrogens is 220 g/mol. The summed E-state index contributed by atoms with van der Waals surface area (Å²) in [5.41, 5.74) is 0.506. The first-order valence-corrected chi connectivity index (χ1v) is 5.55. The van der Waals surface area contributed by atoms with Gasteiger partial charge in [0.2, 0.25) is 0 Å². The Labute approximate surface area is 99.2 Å². The molecule has 0 radical (unpaired) electrons. The van der Waals surface area contributed by atoms with Crippen molar-refractivity contribution in [3.8, 4) is 0 Å². The van der Waals surface area contributed by atoms with E-state index >= 15 is 0 Å². The Hall–Kier alpha value is -1.97. The minimum atomic E-state index is -0.726. The highest BCUT2D eigenvalue weighted by atomic mass is 16.6. The van der Waals surface area contributed by atoms with Crippen molar-refractivity contribution in [2.24, 2.45) is 0 Å². The second kappa shape index (κ2) is 4.91. The third-order valence-corrected chi connectivity index (χ3v) is 2.72. The summed E-state index contributed by atoms with van der Waals surface area (Å²) < 4.78 is 4.98. The first-order chi connectivity index (χ1) is 8.18. The number of aliphatic hydroxyl groups excluding tert-OH is 2. The molecule has 17 heavy (non-hydrogen) atoms. The normalized spacial score (nSPS) is 21.6. The highest BCUT2D eigenvalue weighted by Gasteiger charge is 2.26. The lowest BCUT2D eigenvalue weighted by Gasteiger charge is -2.22. The van der Waals surface area contributed by atoms with Gasteiger partial charge in [0.25, 0.3) is 0 Å². The molecule has 0 aromatic heterocycles. The van der Waals surface area contributed by atoms with Crippen LogP contribution in [0.25, 0.3) is 5.76 Å². The molecule has 0 amide bonds. The van der Waals surface area contributed by atoms with Crippen LogP contribution in [-0.4, -0.2) is 22.3 Å². The highest BCUT2D eigenvalue weighted by Crippen LogP contribution is 2.24. The van der Waals surface area contributed by atoms with Crippen LogP contribution < -0.4 is 0 Å². The highest BCUT2D eigenvalue weighted by molar-refractivity contribution is 5.71. The molecule has 1 aromatic rings. The largest absolute Gasteiger partial charge is 0.505 e. The van der Waals surface area contributed by atoms with E-state index in [1.165, 1.54) is 0 Å². The molecule has 1 fully saturated rings. The molecular formula is C13H14O4. The Balaban J connectivity index is 2.22. The molecule has 1 aliphatic heterocycles. The summed E-state index contributed by atoms with van der Waals surface area (Å²) in [6.45, 7) is 0. The van der Waals surface area contributed by atoms with Crippen LogP contribution in [0.5, 0.6) is 0 Å². The Bertz CT molecular complexity index is 436. The molecule has 1 aliphatic rings. The van der Waals surface area contributed by atoms with E-state index in [4.69, 9.17) is 4.74 Å². The monoisotopic (exact) mass is 234 g/mol. The third kappa shape index (κ3) is 2.58. The van der Waals surface area contributed by atoms with Crippen molar-refractivity contribution in [3.63, 3.8) is 0 Å². The second-order valence-electron chi connectivity index (χ2n) is 3.97. The van der Waals surface area contributed by atoms with E-state index in [9.17, 15) is 15.0 Å². The van der Waals surface area contributed by atoms with Crippen LogP contribution in [0.3, 0.4) is 0 Å². The molecule has 1 heterocycles. The van der Waals surface area contributed by atoms with Crippen molar-refractivity contribution >= 4 is 11.7 Å². The van der Waals surface area contributed by atoms with Gasteiger partial charge in [-0.3, -0.25) is 4.79 Å². The maximum atomic E-state index is 11.1.